The quantitative estimate of drug-likeness (QED) is 0.873. The van der Waals surface area contributed by atoms with Crippen LogP contribution < -0.4 is 5.32 Å². The zero-order chi connectivity index (χ0) is 15.3. The Hall–Kier alpha value is -1.40. The van der Waals surface area contributed by atoms with Crippen LogP contribution in [0.15, 0.2) is 24.3 Å². The van der Waals surface area contributed by atoms with Gasteiger partial charge in [-0.05, 0) is 31.9 Å². The Balaban J connectivity index is 2.80. The molecule has 0 saturated heterocycles. The molecule has 0 saturated carbocycles. The highest BCUT2D eigenvalue weighted by molar-refractivity contribution is 7.88. The lowest BCUT2D eigenvalue weighted by Gasteiger charge is -2.25. The second-order valence-corrected chi connectivity index (χ2v) is 6.86. The van der Waals surface area contributed by atoms with Crippen molar-refractivity contribution in [2.45, 2.75) is 33.2 Å². The Labute approximate surface area is 121 Å². The molecule has 0 radical (unpaired) electrons. The van der Waals surface area contributed by atoms with Crippen molar-refractivity contribution in [3.8, 4) is 0 Å². The van der Waals surface area contributed by atoms with Crippen LogP contribution in [0.25, 0.3) is 0 Å². The van der Waals surface area contributed by atoms with Crippen LogP contribution in [0.2, 0.25) is 0 Å². The Bertz CT molecular complexity index is 570. The average molecular weight is 298 g/mol. The molecule has 112 valence electrons. The Kier molecular flexibility index (Phi) is 5.71. The standard InChI is InChI=1S/C14H22N2O3S/c1-5-12(3)16(20(4,18)19)10-14(17)15-13-9-7-6-8-11(13)2/h6-9,12H,5,10H2,1-4H3,(H,15,17). The lowest BCUT2D eigenvalue weighted by Crippen LogP contribution is -2.42. The van der Waals surface area contributed by atoms with Gasteiger partial charge in [0, 0.05) is 11.7 Å². The highest BCUT2D eigenvalue weighted by atomic mass is 32.2. The van der Waals surface area contributed by atoms with Crippen molar-refractivity contribution in [3.63, 3.8) is 0 Å². The van der Waals surface area contributed by atoms with E-state index in [1.807, 2.05) is 32.0 Å². The van der Waals surface area contributed by atoms with E-state index in [9.17, 15) is 13.2 Å². The number of sulfonamides is 1. The van der Waals surface area contributed by atoms with Crippen LogP contribution in [-0.2, 0) is 14.8 Å². The molecule has 0 aliphatic heterocycles. The van der Waals surface area contributed by atoms with Gasteiger partial charge in [0.25, 0.3) is 0 Å². The van der Waals surface area contributed by atoms with Gasteiger partial charge in [0.15, 0.2) is 0 Å². The van der Waals surface area contributed by atoms with Gasteiger partial charge in [-0.2, -0.15) is 4.31 Å². The molecule has 0 aliphatic rings. The number of carbonyl (C=O) groups is 1. The van der Waals surface area contributed by atoms with Crippen molar-refractivity contribution >= 4 is 21.6 Å². The van der Waals surface area contributed by atoms with Crippen molar-refractivity contribution in [1.29, 1.82) is 0 Å². The van der Waals surface area contributed by atoms with Crippen LogP contribution in [-0.4, -0.2) is 37.5 Å². The van der Waals surface area contributed by atoms with E-state index in [0.29, 0.717) is 12.1 Å². The van der Waals surface area contributed by atoms with Gasteiger partial charge >= 0.3 is 0 Å². The Morgan fingerprint density at radius 1 is 1.35 bits per heavy atom. The third kappa shape index (κ3) is 4.61. The summed E-state index contributed by atoms with van der Waals surface area (Å²) in [6.07, 6.45) is 1.78. The molecule has 0 fully saturated rings. The van der Waals surface area contributed by atoms with Crippen LogP contribution in [0.3, 0.4) is 0 Å². The van der Waals surface area contributed by atoms with Crippen LogP contribution >= 0.6 is 0 Å². The van der Waals surface area contributed by atoms with Crippen LogP contribution in [0.1, 0.15) is 25.8 Å². The summed E-state index contributed by atoms with van der Waals surface area (Å²) in [6.45, 7) is 5.41. The van der Waals surface area contributed by atoms with Crippen LogP contribution in [0, 0.1) is 6.92 Å². The van der Waals surface area contributed by atoms with Crippen molar-refractivity contribution in [2.24, 2.45) is 0 Å². The minimum Gasteiger partial charge on any atom is -0.325 e. The van der Waals surface area contributed by atoms with E-state index < -0.39 is 10.0 Å². The summed E-state index contributed by atoms with van der Waals surface area (Å²) in [5, 5.41) is 2.75. The summed E-state index contributed by atoms with van der Waals surface area (Å²) >= 11 is 0. The number of nitrogens with one attached hydrogen (secondary N) is 1. The third-order valence-electron chi connectivity index (χ3n) is 3.23. The van der Waals surface area contributed by atoms with Gasteiger partial charge in [-0.1, -0.05) is 25.1 Å². The Morgan fingerprint density at radius 2 is 1.95 bits per heavy atom. The van der Waals surface area contributed by atoms with Crippen molar-refractivity contribution < 1.29 is 13.2 Å². The van der Waals surface area contributed by atoms with Crippen molar-refractivity contribution in [1.82, 2.24) is 4.31 Å². The van der Waals surface area contributed by atoms with Crippen molar-refractivity contribution in [3.05, 3.63) is 29.8 Å². The predicted octanol–water partition coefficient (Wildman–Crippen LogP) is 1.99. The van der Waals surface area contributed by atoms with E-state index in [2.05, 4.69) is 5.32 Å². The Morgan fingerprint density at radius 3 is 2.45 bits per heavy atom. The van der Waals surface area contributed by atoms with Crippen LogP contribution in [0.4, 0.5) is 5.69 Å². The maximum atomic E-state index is 12.0. The summed E-state index contributed by atoms with van der Waals surface area (Å²) in [6, 6.07) is 7.19. The first kappa shape index (κ1) is 16.7. The molecule has 0 bridgehead atoms. The van der Waals surface area contributed by atoms with E-state index in [1.165, 1.54) is 4.31 Å². The smallest absolute Gasteiger partial charge is 0.239 e. The van der Waals surface area contributed by atoms with E-state index in [4.69, 9.17) is 0 Å². The predicted molar refractivity (Wildman–Crippen MR) is 81.1 cm³/mol. The lowest BCUT2D eigenvalue weighted by molar-refractivity contribution is -0.116. The summed E-state index contributed by atoms with van der Waals surface area (Å²) in [5.74, 6) is -0.329. The average Bonchev–Trinajstić information content (AvgIpc) is 2.36. The van der Waals surface area contributed by atoms with Crippen LogP contribution in [0.5, 0.6) is 0 Å². The summed E-state index contributed by atoms with van der Waals surface area (Å²) in [4.78, 5) is 12.0. The molecule has 0 aromatic heterocycles. The van der Waals surface area contributed by atoms with Gasteiger partial charge in [0.05, 0.1) is 12.8 Å². The van der Waals surface area contributed by atoms with E-state index in [-0.39, 0.29) is 18.5 Å². The number of nitrogens with zero attached hydrogens (tertiary/aromatic N) is 1. The molecular weight excluding hydrogens is 276 g/mol. The second kappa shape index (κ2) is 6.85. The second-order valence-electron chi connectivity index (χ2n) is 4.93. The number of carbonyl (C=O) groups excluding carboxylic acids is 1. The van der Waals surface area contributed by atoms with Gasteiger partial charge in [-0.15, -0.1) is 0 Å². The van der Waals surface area contributed by atoms with Gasteiger partial charge in [-0.25, -0.2) is 8.42 Å². The van der Waals surface area contributed by atoms with Crippen molar-refractivity contribution in [2.75, 3.05) is 18.1 Å². The molecule has 1 amide bonds. The number of para-hydroxylation sites is 1. The molecule has 1 unspecified atom stereocenters. The topological polar surface area (TPSA) is 66.5 Å². The number of rotatable bonds is 6. The summed E-state index contributed by atoms with van der Waals surface area (Å²) in [7, 11) is -3.40. The first-order valence-corrected chi connectivity index (χ1v) is 8.42. The molecule has 5 nitrogen and oxygen atoms in total. The fraction of sp³-hybridized carbons (Fsp3) is 0.500. The zero-order valence-corrected chi connectivity index (χ0v) is 13.2. The highest BCUT2D eigenvalue weighted by Crippen LogP contribution is 2.14. The minimum atomic E-state index is -3.40. The number of hydrogen-bond acceptors (Lipinski definition) is 3. The monoisotopic (exact) mass is 298 g/mol. The maximum absolute atomic E-state index is 12.0. The number of amides is 1. The molecule has 1 atom stereocenters. The molecule has 0 aliphatic carbocycles. The molecule has 1 aromatic carbocycles. The molecule has 1 rings (SSSR count). The minimum absolute atomic E-state index is 0.165. The van der Waals surface area contributed by atoms with Gasteiger partial charge in [-0.3, -0.25) is 4.79 Å². The van der Waals surface area contributed by atoms with Gasteiger partial charge < -0.3 is 5.32 Å². The SMILES string of the molecule is CCC(C)N(CC(=O)Nc1ccccc1C)S(C)(=O)=O. The highest BCUT2D eigenvalue weighted by Gasteiger charge is 2.24. The number of benzene rings is 1. The molecule has 6 heteroatoms. The van der Waals surface area contributed by atoms with E-state index in [1.54, 1.807) is 13.0 Å². The number of hydrogen-bond donors (Lipinski definition) is 1. The van der Waals surface area contributed by atoms with Gasteiger partial charge in [0.1, 0.15) is 0 Å². The largest absolute Gasteiger partial charge is 0.325 e. The number of anilines is 1. The molecule has 20 heavy (non-hydrogen) atoms. The van der Waals surface area contributed by atoms with E-state index >= 15 is 0 Å². The fourth-order valence-corrected chi connectivity index (χ4v) is 3.00. The maximum Gasteiger partial charge on any atom is 0.239 e. The van der Waals surface area contributed by atoms with E-state index in [0.717, 1.165) is 11.8 Å². The first-order valence-electron chi connectivity index (χ1n) is 6.58. The summed E-state index contributed by atoms with van der Waals surface area (Å²) < 4.78 is 24.7. The molecule has 1 N–H and O–H groups in total. The molecular formula is C14H22N2O3S. The zero-order valence-electron chi connectivity index (χ0n) is 12.4. The first-order chi connectivity index (χ1) is 9.25. The number of aryl methyl sites for hydroxylation is 1. The fourth-order valence-electron chi connectivity index (χ4n) is 1.85. The summed E-state index contributed by atoms with van der Waals surface area (Å²) in [5.41, 5.74) is 1.64. The molecule has 1 aromatic rings. The lowest BCUT2D eigenvalue weighted by atomic mass is 10.2. The van der Waals surface area contributed by atoms with Gasteiger partial charge in [0.2, 0.25) is 15.9 Å². The molecule has 0 spiro atoms. The normalized spacial score (nSPS) is 13.2. The molecule has 0 heterocycles. The third-order valence-corrected chi connectivity index (χ3v) is 4.57.